The third-order valence-corrected chi connectivity index (χ3v) is 2.54. The van der Waals surface area contributed by atoms with Crippen LogP contribution in [0.1, 0.15) is 12.6 Å². The average molecular weight is 233 g/mol. The Labute approximate surface area is 98.8 Å². The van der Waals surface area contributed by atoms with Gasteiger partial charge in [-0.15, -0.1) is 0 Å². The number of hydrogen-bond acceptors (Lipinski definition) is 4. The lowest BCUT2D eigenvalue weighted by molar-refractivity contribution is -0.117. The van der Waals surface area contributed by atoms with Crippen molar-refractivity contribution in [2.24, 2.45) is 12.8 Å². The zero-order chi connectivity index (χ0) is 12.6. The highest BCUT2D eigenvalue weighted by atomic mass is 16.2. The van der Waals surface area contributed by atoms with Crippen LogP contribution in [0.2, 0.25) is 0 Å². The van der Waals surface area contributed by atoms with Gasteiger partial charge in [0.15, 0.2) is 5.65 Å². The van der Waals surface area contributed by atoms with Crippen molar-refractivity contribution in [3.63, 3.8) is 0 Å². The highest BCUT2D eigenvalue weighted by molar-refractivity contribution is 5.96. The number of nitrogens with zero attached hydrogens (tertiary/aromatic N) is 3. The fraction of sp³-hybridized carbons (Fsp3) is 0.364. The molecule has 2 rings (SSSR count). The van der Waals surface area contributed by atoms with Crippen LogP contribution >= 0.6 is 0 Å². The highest BCUT2D eigenvalue weighted by Gasteiger charge is 2.10. The number of nitrogens with one attached hydrogen (secondary N) is 1. The summed E-state index contributed by atoms with van der Waals surface area (Å²) >= 11 is 0. The molecule has 0 spiro atoms. The molecular formula is C11H15N5O. The van der Waals surface area contributed by atoms with Crippen LogP contribution in [0.4, 0.5) is 5.69 Å². The molecule has 1 amide bonds. The standard InChI is InChI=1S/C11H15N5O/c1-6(12)11(17)14-8-4-9-7(2)15-16(3)10(9)13-5-8/h4-6H,12H2,1-3H3,(H,14,17)/t6-/m1/s1. The molecular weight excluding hydrogens is 218 g/mol. The summed E-state index contributed by atoms with van der Waals surface area (Å²) in [7, 11) is 1.84. The predicted octanol–water partition coefficient (Wildman–Crippen LogP) is 0.562. The highest BCUT2D eigenvalue weighted by Crippen LogP contribution is 2.19. The van der Waals surface area contributed by atoms with Gasteiger partial charge in [0.1, 0.15) is 0 Å². The average Bonchev–Trinajstić information content (AvgIpc) is 2.54. The van der Waals surface area contributed by atoms with Crippen LogP contribution < -0.4 is 11.1 Å². The van der Waals surface area contributed by atoms with Gasteiger partial charge in [-0.1, -0.05) is 0 Å². The number of anilines is 1. The van der Waals surface area contributed by atoms with E-state index in [0.29, 0.717) is 5.69 Å². The minimum Gasteiger partial charge on any atom is -0.323 e. The van der Waals surface area contributed by atoms with E-state index in [1.165, 1.54) is 0 Å². The van der Waals surface area contributed by atoms with Crippen molar-refractivity contribution in [1.29, 1.82) is 0 Å². The number of carbonyl (C=O) groups excluding carboxylic acids is 1. The van der Waals surface area contributed by atoms with Crippen molar-refractivity contribution in [1.82, 2.24) is 14.8 Å². The number of rotatable bonds is 2. The molecule has 0 aromatic carbocycles. The predicted molar refractivity (Wildman–Crippen MR) is 65.5 cm³/mol. The Morgan fingerprint density at radius 1 is 1.59 bits per heavy atom. The first-order valence-electron chi connectivity index (χ1n) is 5.35. The molecule has 0 saturated carbocycles. The Morgan fingerprint density at radius 2 is 2.29 bits per heavy atom. The Bertz CT molecular complexity index is 572. The smallest absolute Gasteiger partial charge is 0.241 e. The lowest BCUT2D eigenvalue weighted by Crippen LogP contribution is -2.32. The first-order chi connectivity index (χ1) is 7.99. The second-order valence-corrected chi connectivity index (χ2v) is 4.08. The van der Waals surface area contributed by atoms with Crippen LogP contribution in [-0.4, -0.2) is 26.7 Å². The summed E-state index contributed by atoms with van der Waals surface area (Å²) < 4.78 is 1.71. The lowest BCUT2D eigenvalue weighted by atomic mass is 10.2. The Kier molecular flexibility index (Phi) is 2.81. The van der Waals surface area contributed by atoms with Gasteiger partial charge in [0.25, 0.3) is 0 Å². The lowest BCUT2D eigenvalue weighted by Gasteiger charge is -2.07. The van der Waals surface area contributed by atoms with Crippen molar-refractivity contribution in [3.8, 4) is 0 Å². The Hall–Kier alpha value is -1.95. The van der Waals surface area contributed by atoms with Crippen LogP contribution in [0.5, 0.6) is 0 Å². The van der Waals surface area contributed by atoms with Gasteiger partial charge in [-0.3, -0.25) is 9.48 Å². The zero-order valence-corrected chi connectivity index (χ0v) is 10.1. The number of hydrogen-bond donors (Lipinski definition) is 2. The molecule has 2 heterocycles. The molecule has 90 valence electrons. The van der Waals surface area contributed by atoms with Crippen LogP contribution in [0.3, 0.4) is 0 Å². The van der Waals surface area contributed by atoms with Crippen molar-refractivity contribution in [3.05, 3.63) is 18.0 Å². The van der Waals surface area contributed by atoms with E-state index in [-0.39, 0.29) is 5.91 Å². The summed E-state index contributed by atoms with van der Waals surface area (Å²) in [6, 6.07) is 1.31. The number of amides is 1. The van der Waals surface area contributed by atoms with Gasteiger partial charge in [0, 0.05) is 12.4 Å². The molecule has 0 aliphatic carbocycles. The minimum absolute atomic E-state index is 0.229. The summed E-state index contributed by atoms with van der Waals surface area (Å²) in [4.78, 5) is 15.7. The molecule has 0 aliphatic heterocycles. The second kappa shape index (κ2) is 4.14. The van der Waals surface area contributed by atoms with Gasteiger partial charge in [-0.2, -0.15) is 5.10 Å². The first kappa shape index (κ1) is 11.5. The van der Waals surface area contributed by atoms with E-state index in [4.69, 9.17) is 5.73 Å². The maximum absolute atomic E-state index is 11.5. The fourth-order valence-corrected chi connectivity index (χ4v) is 1.63. The quantitative estimate of drug-likeness (QED) is 0.793. The van der Waals surface area contributed by atoms with E-state index >= 15 is 0 Å². The maximum atomic E-state index is 11.5. The fourth-order valence-electron chi connectivity index (χ4n) is 1.63. The van der Waals surface area contributed by atoms with Gasteiger partial charge in [0.2, 0.25) is 5.91 Å². The van der Waals surface area contributed by atoms with E-state index in [9.17, 15) is 4.79 Å². The number of aromatic nitrogens is 3. The topological polar surface area (TPSA) is 85.8 Å². The van der Waals surface area contributed by atoms with Gasteiger partial charge in [-0.05, 0) is 19.9 Å². The summed E-state index contributed by atoms with van der Waals surface area (Å²) in [5.41, 5.74) is 7.79. The summed E-state index contributed by atoms with van der Waals surface area (Å²) in [5.74, 6) is -0.229. The molecule has 0 aliphatic rings. The SMILES string of the molecule is Cc1nn(C)c2ncc(NC(=O)[C@@H](C)N)cc12. The number of pyridine rings is 1. The molecule has 6 nitrogen and oxygen atoms in total. The van der Waals surface area contributed by atoms with E-state index in [0.717, 1.165) is 16.7 Å². The van der Waals surface area contributed by atoms with E-state index < -0.39 is 6.04 Å². The van der Waals surface area contributed by atoms with Crippen molar-refractivity contribution in [2.75, 3.05) is 5.32 Å². The van der Waals surface area contributed by atoms with Crippen LogP contribution in [0.25, 0.3) is 11.0 Å². The second-order valence-electron chi connectivity index (χ2n) is 4.08. The van der Waals surface area contributed by atoms with Gasteiger partial charge in [0.05, 0.1) is 23.6 Å². The van der Waals surface area contributed by atoms with Crippen LogP contribution in [0.15, 0.2) is 12.3 Å². The summed E-state index contributed by atoms with van der Waals surface area (Å²) in [6.07, 6.45) is 1.60. The molecule has 6 heteroatoms. The Morgan fingerprint density at radius 3 is 2.94 bits per heavy atom. The van der Waals surface area contributed by atoms with Crippen molar-refractivity contribution >= 4 is 22.6 Å². The maximum Gasteiger partial charge on any atom is 0.241 e. The third-order valence-electron chi connectivity index (χ3n) is 2.54. The number of aryl methyl sites for hydroxylation is 2. The van der Waals surface area contributed by atoms with E-state index in [1.807, 2.05) is 20.0 Å². The minimum atomic E-state index is -0.541. The molecule has 0 saturated heterocycles. The molecule has 17 heavy (non-hydrogen) atoms. The molecule has 2 aromatic rings. The first-order valence-corrected chi connectivity index (χ1v) is 5.35. The third kappa shape index (κ3) is 2.12. The van der Waals surface area contributed by atoms with Crippen molar-refractivity contribution < 1.29 is 4.79 Å². The number of nitrogens with two attached hydrogens (primary N) is 1. The zero-order valence-electron chi connectivity index (χ0n) is 10.1. The molecule has 0 fully saturated rings. The van der Waals surface area contributed by atoms with Crippen molar-refractivity contribution in [2.45, 2.75) is 19.9 Å². The molecule has 3 N–H and O–H groups in total. The largest absolute Gasteiger partial charge is 0.323 e. The Balaban J connectivity index is 2.38. The van der Waals surface area contributed by atoms with E-state index in [1.54, 1.807) is 17.8 Å². The number of fused-ring (bicyclic) bond motifs is 1. The summed E-state index contributed by atoms with van der Waals surface area (Å²) in [6.45, 7) is 3.54. The summed E-state index contributed by atoms with van der Waals surface area (Å²) in [5, 5.41) is 7.89. The molecule has 1 atom stereocenters. The molecule has 2 aromatic heterocycles. The van der Waals surface area contributed by atoms with Gasteiger partial charge in [-0.25, -0.2) is 4.98 Å². The van der Waals surface area contributed by atoms with E-state index in [2.05, 4.69) is 15.4 Å². The number of carbonyl (C=O) groups is 1. The van der Waals surface area contributed by atoms with Gasteiger partial charge < -0.3 is 11.1 Å². The molecule has 0 unspecified atom stereocenters. The van der Waals surface area contributed by atoms with Crippen LogP contribution in [0, 0.1) is 6.92 Å². The normalized spacial score (nSPS) is 12.7. The molecule has 0 radical (unpaired) electrons. The monoisotopic (exact) mass is 233 g/mol. The molecule has 0 bridgehead atoms. The van der Waals surface area contributed by atoms with Gasteiger partial charge >= 0.3 is 0 Å². The van der Waals surface area contributed by atoms with Crippen LogP contribution in [-0.2, 0) is 11.8 Å².